The van der Waals surface area contributed by atoms with Gasteiger partial charge in [-0.25, -0.2) is 0 Å². The zero-order valence-electron chi connectivity index (χ0n) is 9.65. The zero-order chi connectivity index (χ0) is 14.0. The van der Waals surface area contributed by atoms with Crippen LogP contribution >= 0.6 is 0 Å². The summed E-state index contributed by atoms with van der Waals surface area (Å²) in [6.45, 7) is 0. The molecule has 1 unspecified atom stereocenters. The third-order valence-corrected chi connectivity index (χ3v) is 3.64. The molecule has 2 N–H and O–H groups in total. The van der Waals surface area contributed by atoms with Crippen LogP contribution in [0, 0.1) is 0 Å². The van der Waals surface area contributed by atoms with Crippen molar-refractivity contribution < 1.29 is 17.7 Å². The Morgan fingerprint density at radius 3 is 1.68 bits per heavy atom. The Balaban J connectivity index is 2.26. The monoisotopic (exact) mass is 285 g/mol. The minimum Gasteiger partial charge on any atom is -0.604 e. The lowest BCUT2D eigenvalue weighted by molar-refractivity contribution is -0.0435. The lowest BCUT2D eigenvalue weighted by atomic mass is 10.1. The van der Waals surface area contributed by atoms with Gasteiger partial charge in [0.15, 0.2) is 4.90 Å². The van der Waals surface area contributed by atoms with Crippen LogP contribution in [-0.4, -0.2) is 10.1 Å². The fourth-order valence-electron chi connectivity index (χ4n) is 1.58. The first kappa shape index (κ1) is 13.8. The summed E-state index contributed by atoms with van der Waals surface area (Å²) in [4.78, 5) is -0.258. The van der Waals surface area contributed by atoms with Crippen molar-refractivity contribution in [1.82, 2.24) is 0 Å². The first-order valence-corrected chi connectivity index (χ1v) is 6.47. The number of hydrogen-bond donors (Lipinski definition) is 1. The van der Waals surface area contributed by atoms with Crippen LogP contribution in [0.15, 0.2) is 53.4 Å². The van der Waals surface area contributed by atoms with Crippen LogP contribution < -0.4 is 5.73 Å². The second-order valence-corrected chi connectivity index (χ2v) is 5.33. The van der Waals surface area contributed by atoms with Crippen LogP contribution in [0.3, 0.4) is 0 Å². The number of hydrogen-bond acceptors (Lipinski definition) is 2. The van der Waals surface area contributed by atoms with Crippen LogP contribution in [0.25, 0.3) is 11.1 Å². The summed E-state index contributed by atoms with van der Waals surface area (Å²) in [5.74, 6) is 0. The molecule has 0 heterocycles. The topological polar surface area (TPSA) is 49.1 Å². The van der Waals surface area contributed by atoms with Gasteiger partial charge in [0.25, 0.3) is 0 Å². The van der Waals surface area contributed by atoms with Crippen molar-refractivity contribution in [2.75, 3.05) is 5.73 Å². The van der Waals surface area contributed by atoms with Crippen molar-refractivity contribution in [3.63, 3.8) is 0 Å². The van der Waals surface area contributed by atoms with Gasteiger partial charge in [-0.2, -0.15) is 0 Å². The molecule has 0 amide bonds. The van der Waals surface area contributed by atoms with E-state index in [2.05, 4.69) is 0 Å². The first-order valence-electron chi connectivity index (χ1n) is 5.32. The number of rotatable bonds is 2. The molecule has 0 aliphatic heterocycles. The van der Waals surface area contributed by atoms with Crippen molar-refractivity contribution in [1.29, 1.82) is 0 Å². The van der Waals surface area contributed by atoms with Gasteiger partial charge in [0.1, 0.15) is 0 Å². The highest BCUT2D eigenvalue weighted by Crippen LogP contribution is 2.31. The maximum atomic E-state index is 12.3. The van der Waals surface area contributed by atoms with Gasteiger partial charge in [0.2, 0.25) is 0 Å². The second kappa shape index (κ2) is 5.14. The Morgan fingerprint density at radius 2 is 1.26 bits per heavy atom. The SMILES string of the molecule is Nc1ccc(-c2ccc([S+]([O-])C(F)(F)F)cc2)cc1. The van der Waals surface area contributed by atoms with Crippen LogP contribution in [0.4, 0.5) is 18.9 Å². The van der Waals surface area contributed by atoms with E-state index < -0.39 is 16.7 Å². The molecule has 100 valence electrons. The van der Waals surface area contributed by atoms with Gasteiger partial charge < -0.3 is 10.3 Å². The third kappa shape index (κ3) is 3.21. The molecule has 19 heavy (non-hydrogen) atoms. The van der Waals surface area contributed by atoms with E-state index in [-0.39, 0.29) is 4.90 Å². The molecule has 0 fully saturated rings. The van der Waals surface area contributed by atoms with Crippen LogP contribution in [0.2, 0.25) is 0 Å². The number of anilines is 1. The van der Waals surface area contributed by atoms with Crippen molar-refractivity contribution in [3.05, 3.63) is 48.5 Å². The van der Waals surface area contributed by atoms with E-state index in [9.17, 15) is 17.7 Å². The molecule has 2 aromatic carbocycles. The van der Waals surface area contributed by atoms with Gasteiger partial charge in [-0.05, 0) is 47.5 Å². The molecule has 0 aromatic heterocycles. The van der Waals surface area contributed by atoms with Crippen LogP contribution in [0.1, 0.15) is 0 Å². The molecule has 0 spiro atoms. The molecule has 2 nitrogen and oxygen atoms in total. The molecular formula is C13H10F3NOS. The van der Waals surface area contributed by atoms with Crippen molar-refractivity contribution in [3.8, 4) is 11.1 Å². The molecular weight excluding hydrogens is 275 g/mol. The average Bonchev–Trinajstić information content (AvgIpc) is 2.38. The van der Waals surface area contributed by atoms with E-state index in [0.29, 0.717) is 5.69 Å². The summed E-state index contributed by atoms with van der Waals surface area (Å²) in [6.07, 6.45) is 0. The van der Waals surface area contributed by atoms with E-state index in [1.165, 1.54) is 24.3 Å². The maximum Gasteiger partial charge on any atom is 0.578 e. The second-order valence-electron chi connectivity index (χ2n) is 3.86. The molecule has 0 bridgehead atoms. The van der Waals surface area contributed by atoms with Gasteiger partial charge in [0.05, 0.1) is 11.2 Å². The van der Waals surface area contributed by atoms with E-state index in [4.69, 9.17) is 5.73 Å². The van der Waals surface area contributed by atoms with E-state index in [0.717, 1.165) is 11.1 Å². The minimum atomic E-state index is -4.73. The quantitative estimate of drug-likeness (QED) is 0.677. The smallest absolute Gasteiger partial charge is 0.578 e. The molecule has 1 atom stereocenters. The molecule has 0 radical (unpaired) electrons. The number of nitrogens with two attached hydrogens (primary N) is 1. The fourth-order valence-corrected chi connectivity index (χ4v) is 2.23. The number of halogens is 3. The summed E-state index contributed by atoms with van der Waals surface area (Å²) in [7, 11) is 0. The molecule has 0 saturated carbocycles. The Kier molecular flexibility index (Phi) is 3.73. The standard InChI is InChI=1S/C13H10F3NOS/c14-13(15,16)19(18)12-7-3-10(4-8-12)9-1-5-11(17)6-2-9/h1-8H,17H2. The molecule has 2 aromatic rings. The van der Waals surface area contributed by atoms with E-state index >= 15 is 0 Å². The molecule has 2 rings (SSSR count). The number of alkyl halides is 3. The summed E-state index contributed by atoms with van der Waals surface area (Å²) < 4.78 is 48.0. The van der Waals surface area contributed by atoms with Gasteiger partial charge in [-0.3, -0.25) is 0 Å². The highest BCUT2D eigenvalue weighted by molar-refractivity contribution is 7.92. The summed E-state index contributed by atoms with van der Waals surface area (Å²) in [5, 5.41) is 0. The van der Waals surface area contributed by atoms with Crippen LogP contribution in [-0.2, 0) is 11.2 Å². The fraction of sp³-hybridized carbons (Fsp3) is 0.0769. The summed E-state index contributed by atoms with van der Waals surface area (Å²) in [6, 6.07) is 12.4. The molecule has 0 saturated heterocycles. The minimum absolute atomic E-state index is 0.258. The van der Waals surface area contributed by atoms with Crippen molar-refractivity contribution in [2.24, 2.45) is 0 Å². The average molecular weight is 285 g/mol. The predicted octanol–water partition coefficient (Wildman–Crippen LogP) is 3.56. The number of benzene rings is 2. The van der Waals surface area contributed by atoms with E-state index in [1.807, 2.05) is 0 Å². The lowest BCUT2D eigenvalue weighted by Gasteiger charge is -2.12. The number of nitrogen functional groups attached to an aromatic ring is 1. The largest absolute Gasteiger partial charge is 0.604 e. The Hall–Kier alpha value is -1.66. The first-order chi connectivity index (χ1) is 8.88. The van der Waals surface area contributed by atoms with Gasteiger partial charge >= 0.3 is 5.51 Å². The van der Waals surface area contributed by atoms with Crippen LogP contribution in [0.5, 0.6) is 0 Å². The Morgan fingerprint density at radius 1 is 0.842 bits per heavy atom. The molecule has 6 heteroatoms. The van der Waals surface area contributed by atoms with Crippen molar-refractivity contribution >= 4 is 16.9 Å². The maximum absolute atomic E-state index is 12.3. The zero-order valence-corrected chi connectivity index (χ0v) is 10.5. The molecule has 0 aliphatic carbocycles. The highest BCUT2D eigenvalue weighted by atomic mass is 32.2. The highest BCUT2D eigenvalue weighted by Gasteiger charge is 2.45. The Labute approximate surface area is 111 Å². The third-order valence-electron chi connectivity index (χ3n) is 2.52. The van der Waals surface area contributed by atoms with E-state index in [1.54, 1.807) is 24.3 Å². The Bertz CT molecular complexity index is 552. The summed E-state index contributed by atoms with van der Waals surface area (Å²) >= 11 is -2.99. The lowest BCUT2D eigenvalue weighted by Crippen LogP contribution is -2.23. The molecule has 0 aliphatic rings. The van der Waals surface area contributed by atoms with Gasteiger partial charge in [-0.1, -0.05) is 12.1 Å². The van der Waals surface area contributed by atoms with Crippen molar-refractivity contribution in [2.45, 2.75) is 10.4 Å². The van der Waals surface area contributed by atoms with Gasteiger partial charge in [0, 0.05) is 5.69 Å². The normalized spacial score (nSPS) is 13.3. The summed E-state index contributed by atoms with van der Waals surface area (Å²) in [5.41, 5.74) is 3.00. The van der Waals surface area contributed by atoms with Gasteiger partial charge in [-0.15, -0.1) is 13.2 Å². The predicted molar refractivity (Wildman–Crippen MR) is 68.8 cm³/mol.